The van der Waals surface area contributed by atoms with Gasteiger partial charge in [0.15, 0.2) is 0 Å². The summed E-state index contributed by atoms with van der Waals surface area (Å²) in [6.07, 6.45) is 2.83. The van der Waals surface area contributed by atoms with E-state index >= 15 is 0 Å². The van der Waals surface area contributed by atoms with Crippen molar-refractivity contribution >= 4 is 18.6 Å². The van der Waals surface area contributed by atoms with E-state index in [1.165, 1.54) is 6.34 Å². The lowest BCUT2D eigenvalue weighted by molar-refractivity contribution is 0.217. The first-order valence-corrected chi connectivity index (χ1v) is 2.42. The molecule has 2 N–H and O–H groups in total. The zero-order valence-corrected chi connectivity index (χ0v) is 4.69. The van der Waals surface area contributed by atoms with Crippen LogP contribution in [-0.4, -0.2) is 30.1 Å². The molecule has 0 bridgehead atoms. The molecular weight excluding hydrogens is 120 g/mol. The molecule has 0 fully saturated rings. The van der Waals surface area contributed by atoms with E-state index in [9.17, 15) is 4.79 Å². The fourth-order valence-corrected chi connectivity index (χ4v) is 0.458. The lowest BCUT2D eigenvalue weighted by Gasteiger charge is -2.11. The Balaban J connectivity index is 2.56. The van der Waals surface area contributed by atoms with Gasteiger partial charge < -0.3 is 5.73 Å². The molecule has 0 saturated heterocycles. The monoisotopic (exact) mass is 126 g/mol. The maximum atomic E-state index is 10.3. The number of hydrazone groups is 1. The molecule has 5 heteroatoms. The standard InChI is InChI=1S/C4H6N4O/c5-4(9)8-2-1-6-3-7-8/h1,3H,2H2,(H2,5,9). The average Bonchev–Trinajstić information content (AvgIpc) is 1.90. The zero-order chi connectivity index (χ0) is 6.69. The van der Waals surface area contributed by atoms with Crippen LogP contribution in [0.15, 0.2) is 10.1 Å². The van der Waals surface area contributed by atoms with Crippen LogP contribution in [0.2, 0.25) is 0 Å². The Morgan fingerprint density at radius 1 is 1.78 bits per heavy atom. The van der Waals surface area contributed by atoms with E-state index in [-0.39, 0.29) is 0 Å². The van der Waals surface area contributed by atoms with Gasteiger partial charge in [0.25, 0.3) is 0 Å². The van der Waals surface area contributed by atoms with E-state index in [2.05, 4.69) is 10.1 Å². The van der Waals surface area contributed by atoms with Gasteiger partial charge in [-0.3, -0.25) is 0 Å². The Morgan fingerprint density at radius 3 is 2.89 bits per heavy atom. The number of rotatable bonds is 0. The largest absolute Gasteiger partial charge is 0.350 e. The van der Waals surface area contributed by atoms with E-state index in [4.69, 9.17) is 5.73 Å². The molecule has 0 aliphatic carbocycles. The first-order chi connectivity index (χ1) is 4.30. The first-order valence-electron chi connectivity index (χ1n) is 2.42. The molecule has 2 amide bonds. The third-order valence-electron chi connectivity index (χ3n) is 0.872. The minimum absolute atomic E-state index is 0.367. The number of amides is 2. The Hall–Kier alpha value is -1.39. The summed E-state index contributed by atoms with van der Waals surface area (Å²) in [6.45, 7) is 0.367. The van der Waals surface area contributed by atoms with Crippen molar-refractivity contribution in [3.63, 3.8) is 0 Å². The second-order valence-corrected chi connectivity index (χ2v) is 1.48. The fourth-order valence-electron chi connectivity index (χ4n) is 0.458. The van der Waals surface area contributed by atoms with Crippen molar-refractivity contribution < 1.29 is 4.79 Å². The van der Waals surface area contributed by atoms with Crippen LogP contribution in [0, 0.1) is 0 Å². The van der Waals surface area contributed by atoms with Gasteiger partial charge in [0.1, 0.15) is 6.34 Å². The van der Waals surface area contributed by atoms with Crippen LogP contribution in [-0.2, 0) is 0 Å². The Labute approximate surface area is 51.9 Å². The van der Waals surface area contributed by atoms with Gasteiger partial charge in [0, 0.05) is 6.21 Å². The lowest BCUT2D eigenvalue weighted by Crippen LogP contribution is -2.33. The van der Waals surface area contributed by atoms with Gasteiger partial charge in [-0.2, -0.15) is 5.10 Å². The van der Waals surface area contributed by atoms with Crippen molar-refractivity contribution in [1.82, 2.24) is 5.01 Å². The van der Waals surface area contributed by atoms with Crippen LogP contribution in [0.1, 0.15) is 0 Å². The highest BCUT2D eigenvalue weighted by molar-refractivity contribution is 5.82. The second kappa shape index (κ2) is 2.25. The molecule has 0 atom stereocenters. The maximum Gasteiger partial charge on any atom is 0.335 e. The Kier molecular flexibility index (Phi) is 1.44. The summed E-state index contributed by atoms with van der Waals surface area (Å²) in [6, 6.07) is -0.558. The predicted molar refractivity (Wildman–Crippen MR) is 33.3 cm³/mol. The maximum absolute atomic E-state index is 10.3. The van der Waals surface area contributed by atoms with Gasteiger partial charge >= 0.3 is 6.03 Å². The number of nitrogens with zero attached hydrogens (tertiary/aromatic N) is 3. The predicted octanol–water partition coefficient (Wildman–Crippen LogP) is -0.605. The number of hydrogen-bond acceptors (Lipinski definition) is 3. The highest BCUT2D eigenvalue weighted by Gasteiger charge is 2.05. The molecule has 0 aromatic rings. The van der Waals surface area contributed by atoms with Crippen molar-refractivity contribution in [2.45, 2.75) is 0 Å². The summed E-state index contributed by atoms with van der Waals surface area (Å²) in [5.41, 5.74) is 4.88. The minimum atomic E-state index is -0.558. The van der Waals surface area contributed by atoms with Crippen LogP contribution in [0.5, 0.6) is 0 Å². The van der Waals surface area contributed by atoms with E-state index in [0.29, 0.717) is 6.54 Å². The number of carbonyl (C=O) groups is 1. The number of aliphatic imine (C=N–C) groups is 1. The Morgan fingerprint density at radius 2 is 2.56 bits per heavy atom. The third-order valence-corrected chi connectivity index (χ3v) is 0.872. The third kappa shape index (κ3) is 1.25. The van der Waals surface area contributed by atoms with E-state index < -0.39 is 6.03 Å². The van der Waals surface area contributed by atoms with Crippen LogP contribution in [0.3, 0.4) is 0 Å². The molecule has 1 aliphatic heterocycles. The SMILES string of the molecule is NC(=O)N1CC=NC=N1. The number of primary amides is 1. The van der Waals surface area contributed by atoms with Gasteiger partial charge in [0.2, 0.25) is 0 Å². The van der Waals surface area contributed by atoms with E-state index in [1.54, 1.807) is 6.21 Å². The molecule has 5 nitrogen and oxygen atoms in total. The topological polar surface area (TPSA) is 71.1 Å². The summed E-state index contributed by atoms with van der Waals surface area (Å²) in [7, 11) is 0. The van der Waals surface area contributed by atoms with Crippen LogP contribution >= 0.6 is 0 Å². The summed E-state index contributed by atoms with van der Waals surface area (Å²) >= 11 is 0. The molecule has 9 heavy (non-hydrogen) atoms. The van der Waals surface area contributed by atoms with Crippen molar-refractivity contribution in [3.8, 4) is 0 Å². The molecule has 0 saturated carbocycles. The number of hydrogen-bond donors (Lipinski definition) is 1. The number of urea groups is 1. The molecular formula is C4H6N4O. The molecule has 1 aliphatic rings. The second-order valence-electron chi connectivity index (χ2n) is 1.48. The highest BCUT2D eigenvalue weighted by atomic mass is 16.2. The molecule has 48 valence electrons. The average molecular weight is 126 g/mol. The van der Waals surface area contributed by atoms with E-state index in [0.717, 1.165) is 5.01 Å². The van der Waals surface area contributed by atoms with Crippen LogP contribution < -0.4 is 5.73 Å². The van der Waals surface area contributed by atoms with Gasteiger partial charge in [-0.1, -0.05) is 0 Å². The highest BCUT2D eigenvalue weighted by Crippen LogP contribution is 1.88. The van der Waals surface area contributed by atoms with Crippen LogP contribution in [0.25, 0.3) is 0 Å². The normalized spacial score (nSPS) is 16.2. The van der Waals surface area contributed by atoms with Gasteiger partial charge in [-0.15, -0.1) is 0 Å². The molecule has 0 radical (unpaired) electrons. The van der Waals surface area contributed by atoms with Gasteiger partial charge in [-0.25, -0.2) is 14.8 Å². The molecule has 0 spiro atoms. The van der Waals surface area contributed by atoms with Crippen molar-refractivity contribution in [2.75, 3.05) is 6.54 Å². The van der Waals surface area contributed by atoms with Gasteiger partial charge in [0.05, 0.1) is 6.54 Å². The molecule has 0 aromatic carbocycles. The minimum Gasteiger partial charge on any atom is -0.350 e. The summed E-state index contributed by atoms with van der Waals surface area (Å²) in [5, 5.41) is 4.68. The van der Waals surface area contributed by atoms with Crippen molar-refractivity contribution in [1.29, 1.82) is 0 Å². The number of carbonyl (C=O) groups excluding carboxylic acids is 1. The van der Waals surface area contributed by atoms with E-state index in [1.807, 2.05) is 0 Å². The fraction of sp³-hybridized carbons (Fsp3) is 0.250. The summed E-state index contributed by atoms with van der Waals surface area (Å²) in [4.78, 5) is 14.0. The lowest BCUT2D eigenvalue weighted by atomic mass is 10.6. The smallest absolute Gasteiger partial charge is 0.335 e. The molecule has 1 heterocycles. The Bertz CT molecular complexity index is 173. The summed E-state index contributed by atoms with van der Waals surface area (Å²) < 4.78 is 0. The van der Waals surface area contributed by atoms with Gasteiger partial charge in [-0.05, 0) is 0 Å². The van der Waals surface area contributed by atoms with Crippen LogP contribution in [0.4, 0.5) is 4.79 Å². The molecule has 1 rings (SSSR count). The molecule has 0 unspecified atom stereocenters. The number of nitrogens with two attached hydrogens (primary N) is 1. The first kappa shape index (κ1) is 5.74. The quantitative estimate of drug-likeness (QED) is 0.462. The molecule has 0 aromatic heterocycles. The zero-order valence-electron chi connectivity index (χ0n) is 4.69. The van der Waals surface area contributed by atoms with Crippen molar-refractivity contribution in [2.24, 2.45) is 15.8 Å². The summed E-state index contributed by atoms with van der Waals surface area (Å²) in [5.74, 6) is 0. The van der Waals surface area contributed by atoms with Crippen molar-refractivity contribution in [3.05, 3.63) is 0 Å².